The Morgan fingerprint density at radius 1 is 1.03 bits per heavy atom. The normalized spacial score (nSPS) is 18.1. The number of nitrogens with zero attached hydrogens (tertiary/aromatic N) is 1. The summed E-state index contributed by atoms with van der Waals surface area (Å²) in [6.07, 6.45) is 0.886. The van der Waals surface area contributed by atoms with Crippen LogP contribution in [-0.2, 0) is 10.0 Å². The molecule has 1 fully saturated rings. The summed E-state index contributed by atoms with van der Waals surface area (Å²) in [4.78, 5) is 15.4. The molecule has 1 aliphatic heterocycles. The van der Waals surface area contributed by atoms with Gasteiger partial charge in [-0.25, -0.2) is 8.42 Å². The average molecular weight is 608 g/mol. The van der Waals surface area contributed by atoms with Crippen molar-refractivity contribution in [2.45, 2.75) is 24.3 Å². The molecule has 1 N–H and O–H groups in total. The summed E-state index contributed by atoms with van der Waals surface area (Å²) in [5, 5.41) is 0. The number of rotatable bonds is 6. The minimum atomic E-state index is -3.81. The number of hydrogen-bond acceptors (Lipinski definition) is 4. The van der Waals surface area contributed by atoms with Crippen molar-refractivity contribution < 1.29 is 17.9 Å². The van der Waals surface area contributed by atoms with Gasteiger partial charge in [0.05, 0.1) is 13.2 Å². The standard InChI is InChI=1S/C25H24Br2N2O4S/c1-16-13-23(17-5-10-21(33-2)11-6-17)29(15-16)25(30)18-3-8-20(9-4-18)28-34(31,32)24-14-19(26)7-12-22(24)27/h3-12,14,16,23,28H,13,15H2,1-2H3. The van der Waals surface area contributed by atoms with Crippen LogP contribution in [0.3, 0.4) is 0 Å². The van der Waals surface area contributed by atoms with E-state index in [1.807, 2.05) is 29.2 Å². The van der Waals surface area contributed by atoms with E-state index in [1.165, 1.54) is 6.07 Å². The van der Waals surface area contributed by atoms with Crippen molar-refractivity contribution in [2.24, 2.45) is 5.92 Å². The highest BCUT2D eigenvalue weighted by molar-refractivity contribution is 9.11. The fourth-order valence-corrected chi connectivity index (χ4v) is 6.71. The van der Waals surface area contributed by atoms with Gasteiger partial charge in [-0.05, 0) is 88.4 Å². The van der Waals surface area contributed by atoms with Gasteiger partial charge in [0.15, 0.2) is 0 Å². The van der Waals surface area contributed by atoms with Gasteiger partial charge in [0.2, 0.25) is 0 Å². The molecule has 2 atom stereocenters. The van der Waals surface area contributed by atoms with Crippen molar-refractivity contribution in [2.75, 3.05) is 18.4 Å². The molecule has 2 unspecified atom stereocenters. The molecule has 0 bridgehead atoms. The van der Waals surface area contributed by atoms with Crippen molar-refractivity contribution in [3.8, 4) is 5.75 Å². The predicted octanol–water partition coefficient (Wildman–Crippen LogP) is 6.24. The number of carbonyl (C=O) groups excluding carboxylic acids is 1. The minimum Gasteiger partial charge on any atom is -0.497 e. The van der Waals surface area contributed by atoms with Gasteiger partial charge in [-0.15, -0.1) is 0 Å². The predicted molar refractivity (Wildman–Crippen MR) is 140 cm³/mol. The third-order valence-electron chi connectivity index (χ3n) is 5.84. The van der Waals surface area contributed by atoms with Crippen LogP contribution in [0.1, 0.15) is 35.3 Å². The molecule has 1 aliphatic rings. The van der Waals surface area contributed by atoms with E-state index in [4.69, 9.17) is 4.74 Å². The largest absolute Gasteiger partial charge is 0.497 e. The van der Waals surface area contributed by atoms with E-state index in [2.05, 4.69) is 43.5 Å². The molecular formula is C25H24Br2N2O4S. The van der Waals surface area contributed by atoms with Crippen molar-refractivity contribution in [1.82, 2.24) is 4.90 Å². The lowest BCUT2D eigenvalue weighted by atomic mass is 10.0. The Labute approximate surface area is 216 Å². The van der Waals surface area contributed by atoms with Crippen molar-refractivity contribution >= 4 is 53.5 Å². The van der Waals surface area contributed by atoms with Crippen LogP contribution in [0.5, 0.6) is 5.75 Å². The van der Waals surface area contributed by atoms with E-state index in [1.54, 1.807) is 43.5 Å². The monoisotopic (exact) mass is 606 g/mol. The molecule has 4 rings (SSSR count). The summed E-state index contributed by atoms with van der Waals surface area (Å²) in [6, 6.07) is 19.3. The van der Waals surface area contributed by atoms with Crippen molar-refractivity contribution in [3.05, 3.63) is 86.8 Å². The molecule has 0 spiro atoms. The number of halogens is 2. The zero-order valence-electron chi connectivity index (χ0n) is 18.7. The lowest BCUT2D eigenvalue weighted by molar-refractivity contribution is 0.0732. The number of amides is 1. The highest BCUT2D eigenvalue weighted by Gasteiger charge is 2.34. The van der Waals surface area contributed by atoms with Crippen LogP contribution in [0, 0.1) is 5.92 Å². The molecule has 0 aromatic heterocycles. The van der Waals surface area contributed by atoms with E-state index < -0.39 is 10.0 Å². The molecule has 6 nitrogen and oxygen atoms in total. The maximum Gasteiger partial charge on any atom is 0.263 e. The smallest absolute Gasteiger partial charge is 0.263 e. The lowest BCUT2D eigenvalue weighted by Crippen LogP contribution is -2.31. The van der Waals surface area contributed by atoms with E-state index in [9.17, 15) is 13.2 Å². The van der Waals surface area contributed by atoms with Crippen LogP contribution < -0.4 is 9.46 Å². The van der Waals surface area contributed by atoms with E-state index in [0.29, 0.717) is 32.7 Å². The maximum absolute atomic E-state index is 13.4. The summed E-state index contributed by atoms with van der Waals surface area (Å²) in [5.74, 6) is 1.08. The Morgan fingerprint density at radius 2 is 1.71 bits per heavy atom. The second-order valence-electron chi connectivity index (χ2n) is 8.34. The number of benzene rings is 3. The number of anilines is 1. The maximum atomic E-state index is 13.4. The second kappa shape index (κ2) is 10.1. The molecule has 34 heavy (non-hydrogen) atoms. The van der Waals surface area contributed by atoms with E-state index >= 15 is 0 Å². The van der Waals surface area contributed by atoms with Crippen LogP contribution in [0.25, 0.3) is 0 Å². The number of carbonyl (C=O) groups is 1. The molecule has 0 radical (unpaired) electrons. The zero-order chi connectivity index (χ0) is 24.5. The fraction of sp³-hybridized carbons (Fsp3) is 0.240. The first-order valence-electron chi connectivity index (χ1n) is 10.7. The molecule has 0 aliphatic carbocycles. The van der Waals surface area contributed by atoms with Gasteiger partial charge in [0.25, 0.3) is 15.9 Å². The number of likely N-dealkylation sites (tertiary alicyclic amines) is 1. The highest BCUT2D eigenvalue weighted by atomic mass is 79.9. The first-order valence-corrected chi connectivity index (χ1v) is 13.8. The van der Waals surface area contributed by atoms with E-state index in [-0.39, 0.29) is 16.8 Å². The van der Waals surface area contributed by atoms with Crippen LogP contribution in [-0.4, -0.2) is 32.9 Å². The van der Waals surface area contributed by atoms with Crippen LogP contribution in [0.2, 0.25) is 0 Å². The van der Waals surface area contributed by atoms with Crippen LogP contribution in [0.4, 0.5) is 5.69 Å². The Bertz CT molecular complexity index is 1300. The number of sulfonamides is 1. The quantitative estimate of drug-likeness (QED) is 0.360. The Hall–Kier alpha value is -2.36. The van der Waals surface area contributed by atoms with Gasteiger partial charge in [0, 0.05) is 26.7 Å². The zero-order valence-corrected chi connectivity index (χ0v) is 22.7. The van der Waals surface area contributed by atoms with Crippen molar-refractivity contribution in [3.63, 3.8) is 0 Å². The van der Waals surface area contributed by atoms with Gasteiger partial charge in [-0.2, -0.15) is 0 Å². The summed E-state index contributed by atoms with van der Waals surface area (Å²) in [5.41, 5.74) is 1.96. The summed E-state index contributed by atoms with van der Waals surface area (Å²) in [6.45, 7) is 2.81. The third-order valence-corrected chi connectivity index (χ3v) is 8.71. The Balaban J connectivity index is 1.52. The number of nitrogens with one attached hydrogen (secondary N) is 1. The first kappa shape index (κ1) is 24.8. The molecule has 1 amide bonds. The molecule has 0 saturated carbocycles. The lowest BCUT2D eigenvalue weighted by Gasteiger charge is -2.25. The second-order valence-corrected chi connectivity index (χ2v) is 11.8. The van der Waals surface area contributed by atoms with Gasteiger partial charge < -0.3 is 9.64 Å². The van der Waals surface area contributed by atoms with Gasteiger partial charge in [-0.3, -0.25) is 9.52 Å². The summed E-state index contributed by atoms with van der Waals surface area (Å²) in [7, 11) is -2.18. The SMILES string of the molecule is COc1ccc(C2CC(C)CN2C(=O)c2ccc(NS(=O)(=O)c3cc(Br)ccc3Br)cc2)cc1. The molecule has 9 heteroatoms. The van der Waals surface area contributed by atoms with Crippen LogP contribution in [0.15, 0.2) is 80.6 Å². The summed E-state index contributed by atoms with van der Waals surface area (Å²) < 4.78 is 34.6. The molecular weight excluding hydrogens is 584 g/mol. The van der Waals surface area contributed by atoms with E-state index in [0.717, 1.165) is 17.7 Å². The Kier molecular flexibility index (Phi) is 7.35. The molecule has 3 aromatic carbocycles. The van der Waals surface area contributed by atoms with Gasteiger partial charge >= 0.3 is 0 Å². The minimum absolute atomic E-state index is 0.0135. The van der Waals surface area contributed by atoms with Crippen molar-refractivity contribution in [1.29, 1.82) is 0 Å². The molecule has 1 heterocycles. The van der Waals surface area contributed by atoms with Crippen LogP contribution >= 0.6 is 31.9 Å². The number of hydrogen-bond donors (Lipinski definition) is 1. The van der Waals surface area contributed by atoms with Gasteiger partial charge in [-0.1, -0.05) is 35.0 Å². The molecule has 1 saturated heterocycles. The topological polar surface area (TPSA) is 75.7 Å². The number of ether oxygens (including phenoxy) is 1. The number of methoxy groups -OCH3 is 1. The molecule has 178 valence electrons. The fourth-order valence-electron chi connectivity index (χ4n) is 4.15. The Morgan fingerprint density at radius 3 is 2.35 bits per heavy atom. The summed E-state index contributed by atoms with van der Waals surface area (Å²) >= 11 is 6.59. The molecule has 3 aromatic rings. The first-order chi connectivity index (χ1) is 16.2. The third kappa shape index (κ3) is 5.31. The van der Waals surface area contributed by atoms with Gasteiger partial charge in [0.1, 0.15) is 10.6 Å². The average Bonchev–Trinajstić information content (AvgIpc) is 3.22. The highest BCUT2D eigenvalue weighted by Crippen LogP contribution is 2.37.